The Bertz CT molecular complexity index is 714. The summed E-state index contributed by atoms with van der Waals surface area (Å²) in [6.45, 7) is 2.64. The second kappa shape index (κ2) is 8.82. The van der Waals surface area contributed by atoms with Gasteiger partial charge in [0.1, 0.15) is 11.6 Å². The van der Waals surface area contributed by atoms with E-state index in [9.17, 15) is 14.0 Å². The lowest BCUT2D eigenvalue weighted by molar-refractivity contribution is -0.129. The Labute approximate surface area is 146 Å². The first-order chi connectivity index (χ1) is 12.0. The minimum absolute atomic E-state index is 0.0770. The van der Waals surface area contributed by atoms with Gasteiger partial charge in [-0.2, -0.15) is 0 Å². The highest BCUT2D eigenvalue weighted by molar-refractivity contribution is 5.94. The fourth-order valence-corrected chi connectivity index (χ4v) is 2.31. The molecule has 0 saturated heterocycles. The topological polar surface area (TPSA) is 58.6 Å². The maximum Gasteiger partial charge on any atom is 0.251 e. The van der Waals surface area contributed by atoms with E-state index in [1.54, 1.807) is 12.0 Å². The number of rotatable bonds is 7. The van der Waals surface area contributed by atoms with Gasteiger partial charge >= 0.3 is 0 Å². The normalized spacial score (nSPS) is 10.2. The quantitative estimate of drug-likeness (QED) is 0.840. The van der Waals surface area contributed by atoms with Crippen molar-refractivity contribution in [3.05, 3.63) is 65.5 Å². The molecule has 0 saturated carbocycles. The summed E-state index contributed by atoms with van der Waals surface area (Å²) in [6, 6.07) is 12.8. The molecule has 0 aliphatic heterocycles. The highest BCUT2D eigenvalue weighted by atomic mass is 19.1. The Balaban J connectivity index is 1.87. The van der Waals surface area contributed by atoms with Gasteiger partial charge in [-0.25, -0.2) is 4.39 Å². The van der Waals surface area contributed by atoms with E-state index in [-0.39, 0.29) is 11.8 Å². The Hall–Kier alpha value is -2.89. The molecule has 0 fully saturated rings. The van der Waals surface area contributed by atoms with Crippen molar-refractivity contribution in [1.82, 2.24) is 10.2 Å². The van der Waals surface area contributed by atoms with Gasteiger partial charge in [0, 0.05) is 32.1 Å². The molecule has 0 aromatic heterocycles. The summed E-state index contributed by atoms with van der Waals surface area (Å²) in [5.74, 6) is -0.0109. The first kappa shape index (κ1) is 18.4. The molecule has 0 spiro atoms. The zero-order chi connectivity index (χ0) is 18.2. The lowest BCUT2D eigenvalue weighted by Gasteiger charge is -2.21. The number of amides is 2. The van der Waals surface area contributed by atoms with Gasteiger partial charge in [0.25, 0.3) is 5.91 Å². The van der Waals surface area contributed by atoms with Crippen LogP contribution < -0.4 is 10.1 Å². The molecule has 132 valence electrons. The van der Waals surface area contributed by atoms with Crippen molar-refractivity contribution in [2.75, 3.05) is 20.2 Å². The van der Waals surface area contributed by atoms with E-state index in [1.165, 1.54) is 31.2 Å². The molecule has 0 atom stereocenters. The first-order valence-corrected chi connectivity index (χ1v) is 7.92. The Morgan fingerprint density at radius 2 is 1.72 bits per heavy atom. The van der Waals surface area contributed by atoms with Crippen LogP contribution >= 0.6 is 0 Å². The van der Waals surface area contributed by atoms with E-state index in [4.69, 9.17) is 4.74 Å². The smallest absolute Gasteiger partial charge is 0.251 e. The van der Waals surface area contributed by atoms with Crippen LogP contribution in [-0.2, 0) is 11.3 Å². The predicted octanol–water partition coefficient (Wildman–Crippen LogP) is 2.61. The molecule has 0 bridgehead atoms. The molecule has 2 aromatic rings. The summed E-state index contributed by atoms with van der Waals surface area (Å²) in [4.78, 5) is 25.4. The molecule has 2 amide bonds. The number of hydrogen-bond donors (Lipinski definition) is 1. The monoisotopic (exact) mass is 344 g/mol. The van der Waals surface area contributed by atoms with Crippen molar-refractivity contribution in [3.63, 3.8) is 0 Å². The van der Waals surface area contributed by atoms with Crippen LogP contribution in [0.15, 0.2) is 48.5 Å². The summed E-state index contributed by atoms with van der Waals surface area (Å²) in [5, 5.41) is 2.73. The molecule has 0 heterocycles. The van der Waals surface area contributed by atoms with Crippen LogP contribution in [0.1, 0.15) is 22.8 Å². The number of methoxy groups -OCH3 is 1. The molecule has 0 aliphatic carbocycles. The van der Waals surface area contributed by atoms with E-state index in [0.29, 0.717) is 25.2 Å². The number of hydrogen-bond acceptors (Lipinski definition) is 3. The number of nitrogens with one attached hydrogen (secondary N) is 1. The van der Waals surface area contributed by atoms with Gasteiger partial charge in [-0.3, -0.25) is 9.59 Å². The third-order valence-corrected chi connectivity index (χ3v) is 3.75. The van der Waals surface area contributed by atoms with Gasteiger partial charge < -0.3 is 15.0 Å². The molecule has 6 heteroatoms. The van der Waals surface area contributed by atoms with E-state index >= 15 is 0 Å². The Kier molecular flexibility index (Phi) is 6.51. The number of ether oxygens (including phenoxy) is 1. The molecular formula is C19H21FN2O3. The van der Waals surface area contributed by atoms with Gasteiger partial charge in [-0.15, -0.1) is 0 Å². The van der Waals surface area contributed by atoms with Crippen LogP contribution in [0.25, 0.3) is 0 Å². The van der Waals surface area contributed by atoms with Crippen LogP contribution in [-0.4, -0.2) is 36.9 Å². The second-order valence-electron chi connectivity index (χ2n) is 5.55. The third-order valence-electron chi connectivity index (χ3n) is 3.75. The standard InChI is InChI=1S/C19H21FN2O3/c1-14(23)22(13-15-3-9-18(25-2)10-4-15)12-11-21-19(24)16-5-7-17(20)8-6-16/h3-10H,11-13H2,1-2H3,(H,21,24). The fraction of sp³-hybridized carbons (Fsp3) is 0.263. The van der Waals surface area contributed by atoms with Crippen LogP contribution in [0.4, 0.5) is 4.39 Å². The van der Waals surface area contributed by atoms with Crippen molar-refractivity contribution >= 4 is 11.8 Å². The SMILES string of the molecule is COc1ccc(CN(CCNC(=O)c2ccc(F)cc2)C(C)=O)cc1. The van der Waals surface area contributed by atoms with Gasteiger partial charge in [-0.1, -0.05) is 12.1 Å². The molecule has 2 rings (SSSR count). The van der Waals surface area contributed by atoms with Gasteiger partial charge in [0.15, 0.2) is 0 Å². The fourth-order valence-electron chi connectivity index (χ4n) is 2.31. The summed E-state index contributed by atoms with van der Waals surface area (Å²) < 4.78 is 18.0. The largest absolute Gasteiger partial charge is 0.497 e. The first-order valence-electron chi connectivity index (χ1n) is 7.92. The molecule has 5 nitrogen and oxygen atoms in total. The second-order valence-corrected chi connectivity index (χ2v) is 5.55. The maximum absolute atomic E-state index is 12.9. The summed E-state index contributed by atoms with van der Waals surface area (Å²) in [6.07, 6.45) is 0. The van der Waals surface area contributed by atoms with Gasteiger partial charge in [-0.05, 0) is 42.0 Å². The van der Waals surface area contributed by atoms with Gasteiger partial charge in [0.05, 0.1) is 7.11 Å². The van der Waals surface area contributed by atoms with E-state index < -0.39 is 5.82 Å². The lowest BCUT2D eigenvalue weighted by atomic mass is 10.2. The van der Waals surface area contributed by atoms with Crippen molar-refractivity contribution in [3.8, 4) is 5.75 Å². The summed E-state index contributed by atoms with van der Waals surface area (Å²) in [7, 11) is 1.60. The maximum atomic E-state index is 12.9. The van der Waals surface area contributed by atoms with Crippen LogP contribution in [0, 0.1) is 5.82 Å². The zero-order valence-electron chi connectivity index (χ0n) is 14.3. The molecule has 0 unspecified atom stereocenters. The van der Waals surface area contributed by atoms with Crippen LogP contribution in [0.5, 0.6) is 5.75 Å². The average Bonchev–Trinajstić information content (AvgIpc) is 2.61. The van der Waals surface area contributed by atoms with E-state index in [2.05, 4.69) is 5.32 Å². The van der Waals surface area contributed by atoms with Crippen molar-refractivity contribution < 1.29 is 18.7 Å². The lowest BCUT2D eigenvalue weighted by Crippen LogP contribution is -2.37. The number of carbonyl (C=O) groups excluding carboxylic acids is 2. The molecule has 1 N–H and O–H groups in total. The minimum atomic E-state index is -0.390. The highest BCUT2D eigenvalue weighted by Crippen LogP contribution is 2.13. The van der Waals surface area contributed by atoms with Crippen LogP contribution in [0.2, 0.25) is 0 Å². The molecule has 0 aliphatic rings. The number of nitrogens with zero attached hydrogens (tertiary/aromatic N) is 1. The van der Waals surface area contributed by atoms with E-state index in [0.717, 1.165) is 11.3 Å². The van der Waals surface area contributed by atoms with Crippen molar-refractivity contribution in [2.24, 2.45) is 0 Å². The number of benzene rings is 2. The number of carbonyl (C=O) groups is 2. The predicted molar refractivity (Wildman–Crippen MR) is 92.8 cm³/mol. The molecule has 0 radical (unpaired) electrons. The molecule has 2 aromatic carbocycles. The van der Waals surface area contributed by atoms with Crippen LogP contribution in [0.3, 0.4) is 0 Å². The summed E-state index contributed by atoms with van der Waals surface area (Å²) >= 11 is 0. The molecule has 25 heavy (non-hydrogen) atoms. The number of halogens is 1. The zero-order valence-corrected chi connectivity index (χ0v) is 14.3. The van der Waals surface area contributed by atoms with Crippen molar-refractivity contribution in [1.29, 1.82) is 0 Å². The van der Waals surface area contributed by atoms with E-state index in [1.807, 2.05) is 24.3 Å². The Morgan fingerprint density at radius 3 is 2.28 bits per heavy atom. The minimum Gasteiger partial charge on any atom is -0.497 e. The van der Waals surface area contributed by atoms with Crippen molar-refractivity contribution in [2.45, 2.75) is 13.5 Å². The van der Waals surface area contributed by atoms with Gasteiger partial charge in [0.2, 0.25) is 5.91 Å². The average molecular weight is 344 g/mol. The highest BCUT2D eigenvalue weighted by Gasteiger charge is 2.11. The third kappa shape index (κ3) is 5.60. The molecular weight excluding hydrogens is 323 g/mol. The Morgan fingerprint density at radius 1 is 1.08 bits per heavy atom. The summed E-state index contributed by atoms with van der Waals surface area (Å²) in [5.41, 5.74) is 1.35.